The highest BCUT2D eigenvalue weighted by Gasteiger charge is 2.20. The van der Waals surface area contributed by atoms with Gasteiger partial charge in [-0.05, 0) is 42.3 Å². The van der Waals surface area contributed by atoms with E-state index in [2.05, 4.69) is 0 Å². The van der Waals surface area contributed by atoms with Crippen molar-refractivity contribution < 1.29 is 19.0 Å². The number of rotatable bonds is 5. The Labute approximate surface area is 116 Å². The molecule has 0 aliphatic rings. The second-order valence-corrected chi connectivity index (χ2v) is 4.59. The second kappa shape index (κ2) is 6.19. The molecule has 0 bridgehead atoms. The summed E-state index contributed by atoms with van der Waals surface area (Å²) in [7, 11) is 0. The van der Waals surface area contributed by atoms with Gasteiger partial charge in [-0.1, -0.05) is 24.3 Å². The number of aryl methyl sites for hydroxylation is 1. The maximum absolute atomic E-state index is 12.8. The summed E-state index contributed by atoms with van der Waals surface area (Å²) < 4.78 is 18.3. The summed E-state index contributed by atoms with van der Waals surface area (Å²) in [4.78, 5) is 11.3. The number of halogens is 1. The summed E-state index contributed by atoms with van der Waals surface area (Å²) in [5, 5.41) is 9.22. The molecule has 0 aromatic heterocycles. The Balaban J connectivity index is 2.11. The maximum atomic E-state index is 12.8. The van der Waals surface area contributed by atoms with Crippen LogP contribution in [0.2, 0.25) is 0 Å². The Morgan fingerprint density at radius 3 is 2.55 bits per heavy atom. The molecule has 2 rings (SSSR count). The molecular weight excluding hydrogens is 259 g/mol. The van der Waals surface area contributed by atoms with E-state index in [4.69, 9.17) is 4.74 Å². The first-order valence-corrected chi connectivity index (χ1v) is 6.25. The van der Waals surface area contributed by atoms with Crippen molar-refractivity contribution in [1.29, 1.82) is 0 Å². The van der Waals surface area contributed by atoms with Crippen LogP contribution in [0.4, 0.5) is 4.39 Å². The van der Waals surface area contributed by atoms with Gasteiger partial charge >= 0.3 is 5.97 Å². The van der Waals surface area contributed by atoms with Crippen LogP contribution in [0.5, 0.6) is 5.75 Å². The zero-order chi connectivity index (χ0) is 14.5. The lowest BCUT2D eigenvalue weighted by Crippen LogP contribution is -2.29. The van der Waals surface area contributed by atoms with Gasteiger partial charge in [0.1, 0.15) is 11.6 Å². The molecule has 0 unspecified atom stereocenters. The molecule has 0 spiro atoms. The highest BCUT2D eigenvalue weighted by Crippen LogP contribution is 2.16. The first-order valence-electron chi connectivity index (χ1n) is 6.25. The smallest absolute Gasteiger partial charge is 0.345 e. The molecular formula is C16H15FO3. The normalized spacial score (nSPS) is 11.9. The van der Waals surface area contributed by atoms with Crippen LogP contribution in [0, 0.1) is 12.7 Å². The van der Waals surface area contributed by atoms with E-state index in [1.807, 2.05) is 19.1 Å². The first kappa shape index (κ1) is 14.1. The van der Waals surface area contributed by atoms with Crippen LogP contribution in [-0.2, 0) is 11.2 Å². The summed E-state index contributed by atoms with van der Waals surface area (Å²) in [6.45, 7) is 1.91. The molecule has 0 heterocycles. The van der Waals surface area contributed by atoms with Gasteiger partial charge in [-0.25, -0.2) is 9.18 Å². The fraction of sp³-hybridized carbons (Fsp3) is 0.188. The van der Waals surface area contributed by atoms with E-state index >= 15 is 0 Å². The lowest BCUT2D eigenvalue weighted by Gasteiger charge is -2.15. The van der Waals surface area contributed by atoms with Crippen molar-refractivity contribution in [3.05, 3.63) is 65.5 Å². The van der Waals surface area contributed by atoms with E-state index in [0.29, 0.717) is 11.3 Å². The van der Waals surface area contributed by atoms with Gasteiger partial charge in [0.15, 0.2) is 6.10 Å². The van der Waals surface area contributed by atoms with Crippen LogP contribution < -0.4 is 4.74 Å². The first-order chi connectivity index (χ1) is 9.54. The molecule has 0 saturated carbocycles. The predicted octanol–water partition coefficient (Wildman–Crippen LogP) is 3.21. The highest BCUT2D eigenvalue weighted by atomic mass is 19.1. The van der Waals surface area contributed by atoms with E-state index in [0.717, 1.165) is 5.56 Å². The van der Waals surface area contributed by atoms with Crippen molar-refractivity contribution >= 4 is 5.97 Å². The molecule has 2 aromatic rings. The van der Waals surface area contributed by atoms with Crippen molar-refractivity contribution in [3.8, 4) is 5.75 Å². The summed E-state index contributed by atoms with van der Waals surface area (Å²) in [5.41, 5.74) is 1.71. The number of hydrogen-bond donors (Lipinski definition) is 1. The number of carboxylic acids is 1. The fourth-order valence-electron chi connectivity index (χ4n) is 1.87. The SMILES string of the molecule is Cc1cccc(O[C@H](Cc2ccc(F)cc2)C(=O)O)c1. The predicted molar refractivity (Wildman–Crippen MR) is 73.3 cm³/mol. The molecule has 1 N–H and O–H groups in total. The van der Waals surface area contributed by atoms with E-state index in [1.165, 1.54) is 12.1 Å². The Morgan fingerprint density at radius 1 is 1.25 bits per heavy atom. The third kappa shape index (κ3) is 3.82. The second-order valence-electron chi connectivity index (χ2n) is 4.59. The fourth-order valence-corrected chi connectivity index (χ4v) is 1.87. The maximum Gasteiger partial charge on any atom is 0.345 e. The third-order valence-electron chi connectivity index (χ3n) is 2.88. The van der Waals surface area contributed by atoms with Crippen LogP contribution >= 0.6 is 0 Å². The van der Waals surface area contributed by atoms with Crippen molar-refractivity contribution in [2.75, 3.05) is 0 Å². The van der Waals surface area contributed by atoms with E-state index < -0.39 is 12.1 Å². The minimum atomic E-state index is -1.05. The minimum absolute atomic E-state index is 0.184. The van der Waals surface area contributed by atoms with Crippen molar-refractivity contribution in [1.82, 2.24) is 0 Å². The lowest BCUT2D eigenvalue weighted by atomic mass is 10.1. The van der Waals surface area contributed by atoms with Crippen LogP contribution in [-0.4, -0.2) is 17.2 Å². The summed E-state index contributed by atoms with van der Waals surface area (Å²) in [6, 6.07) is 12.9. The largest absolute Gasteiger partial charge is 0.478 e. The molecule has 0 radical (unpaired) electrons. The van der Waals surface area contributed by atoms with Gasteiger partial charge in [-0.2, -0.15) is 0 Å². The summed E-state index contributed by atoms with van der Waals surface area (Å²) in [5.74, 6) is -0.879. The van der Waals surface area contributed by atoms with Gasteiger partial charge in [0, 0.05) is 6.42 Å². The van der Waals surface area contributed by atoms with Gasteiger partial charge in [0.25, 0.3) is 0 Å². The zero-order valence-corrected chi connectivity index (χ0v) is 11.0. The van der Waals surface area contributed by atoms with Crippen LogP contribution in [0.15, 0.2) is 48.5 Å². The molecule has 0 aliphatic carbocycles. The van der Waals surface area contributed by atoms with Gasteiger partial charge in [-0.3, -0.25) is 0 Å². The molecule has 104 valence electrons. The molecule has 0 fully saturated rings. The zero-order valence-electron chi connectivity index (χ0n) is 11.0. The van der Waals surface area contributed by atoms with E-state index in [1.54, 1.807) is 24.3 Å². The van der Waals surface area contributed by atoms with E-state index in [9.17, 15) is 14.3 Å². The average Bonchev–Trinajstić information content (AvgIpc) is 2.40. The number of ether oxygens (including phenoxy) is 1. The molecule has 2 aromatic carbocycles. The van der Waals surface area contributed by atoms with Gasteiger partial charge in [-0.15, -0.1) is 0 Å². The quantitative estimate of drug-likeness (QED) is 0.910. The van der Waals surface area contributed by atoms with Crippen LogP contribution in [0.25, 0.3) is 0 Å². The number of carboxylic acid groups (broad SMARTS) is 1. The molecule has 20 heavy (non-hydrogen) atoms. The number of aliphatic carboxylic acids is 1. The van der Waals surface area contributed by atoms with Crippen LogP contribution in [0.3, 0.4) is 0 Å². The Hall–Kier alpha value is -2.36. The topological polar surface area (TPSA) is 46.5 Å². The summed E-state index contributed by atoms with van der Waals surface area (Å²) >= 11 is 0. The minimum Gasteiger partial charge on any atom is -0.478 e. The van der Waals surface area contributed by atoms with Crippen molar-refractivity contribution in [3.63, 3.8) is 0 Å². The van der Waals surface area contributed by atoms with Crippen molar-refractivity contribution in [2.24, 2.45) is 0 Å². The lowest BCUT2D eigenvalue weighted by molar-refractivity contribution is -0.145. The Morgan fingerprint density at radius 2 is 1.95 bits per heavy atom. The number of benzene rings is 2. The molecule has 0 aliphatic heterocycles. The monoisotopic (exact) mass is 274 g/mol. The molecule has 4 heteroatoms. The average molecular weight is 274 g/mol. The van der Waals surface area contributed by atoms with Crippen molar-refractivity contribution in [2.45, 2.75) is 19.4 Å². The van der Waals surface area contributed by atoms with Gasteiger partial charge in [0.05, 0.1) is 0 Å². The van der Waals surface area contributed by atoms with Crippen LogP contribution in [0.1, 0.15) is 11.1 Å². The molecule has 3 nitrogen and oxygen atoms in total. The Kier molecular flexibility index (Phi) is 4.35. The third-order valence-corrected chi connectivity index (χ3v) is 2.88. The molecule has 1 atom stereocenters. The van der Waals surface area contributed by atoms with Gasteiger partial charge in [0.2, 0.25) is 0 Å². The van der Waals surface area contributed by atoms with Gasteiger partial charge < -0.3 is 9.84 Å². The molecule has 0 saturated heterocycles. The number of hydrogen-bond acceptors (Lipinski definition) is 2. The Bertz CT molecular complexity index is 593. The summed E-state index contributed by atoms with van der Waals surface area (Å²) in [6.07, 6.45) is -0.814. The molecule has 0 amide bonds. The number of carbonyl (C=O) groups is 1. The highest BCUT2D eigenvalue weighted by molar-refractivity contribution is 5.73. The van der Waals surface area contributed by atoms with E-state index in [-0.39, 0.29) is 12.2 Å². The standard InChI is InChI=1S/C16H15FO3/c1-11-3-2-4-14(9-11)20-15(16(18)19)10-12-5-7-13(17)8-6-12/h2-9,15H,10H2,1H3,(H,18,19)/t15-/m1/s1.